The molecule has 130 valence electrons. The van der Waals surface area contributed by atoms with Crippen molar-refractivity contribution in [2.75, 3.05) is 0 Å². The molecule has 0 radical (unpaired) electrons. The van der Waals surface area contributed by atoms with Gasteiger partial charge in [0.2, 0.25) is 0 Å². The van der Waals surface area contributed by atoms with E-state index < -0.39 is 11.0 Å². The summed E-state index contributed by atoms with van der Waals surface area (Å²) in [6.07, 6.45) is 1.77. The van der Waals surface area contributed by atoms with E-state index in [1.54, 1.807) is 0 Å². The van der Waals surface area contributed by atoms with Crippen molar-refractivity contribution in [3.8, 4) is 0 Å². The maximum Gasteiger partial charge on any atom is 0.190 e. The Balaban J connectivity index is 5.02. The van der Waals surface area contributed by atoms with Crippen LogP contribution in [0.4, 0.5) is 4.39 Å². The normalized spacial score (nSPS) is 16.2. The topological polar surface area (TPSA) is 24.7 Å². The molecule has 0 unspecified atom stereocenters. The van der Waals surface area contributed by atoms with E-state index in [0.717, 1.165) is 18.6 Å². The third-order valence-corrected chi connectivity index (χ3v) is 3.86. The lowest BCUT2D eigenvalue weighted by Crippen LogP contribution is -2.30. The van der Waals surface area contributed by atoms with Crippen LogP contribution in [-0.4, -0.2) is 22.8 Å². The van der Waals surface area contributed by atoms with Crippen molar-refractivity contribution in [3.05, 3.63) is 0 Å². The van der Waals surface area contributed by atoms with E-state index in [1.807, 2.05) is 34.6 Å². The highest BCUT2D eigenvalue weighted by Crippen LogP contribution is 2.32. The molecule has 0 aliphatic rings. The van der Waals surface area contributed by atoms with Crippen molar-refractivity contribution >= 4 is 11.7 Å². The Bertz CT molecular complexity index is 429. The summed E-state index contributed by atoms with van der Waals surface area (Å²) >= 11 is 0. The molecule has 0 spiro atoms. The van der Waals surface area contributed by atoms with Crippen LogP contribution in [0, 0.1) is 10.8 Å². The number of hydrogen-bond donors (Lipinski definition) is 0. The third kappa shape index (κ3) is 8.05. The van der Waals surface area contributed by atoms with Gasteiger partial charge in [0.25, 0.3) is 0 Å². The molecule has 0 saturated carbocycles. The van der Waals surface area contributed by atoms with E-state index in [1.165, 1.54) is 0 Å². The van der Waals surface area contributed by atoms with Gasteiger partial charge in [-0.05, 0) is 54.4 Å². The summed E-state index contributed by atoms with van der Waals surface area (Å²) in [5, 5.41) is 0. The molecular formula is C19H37FN2. The Labute approximate surface area is 137 Å². The van der Waals surface area contributed by atoms with E-state index in [-0.39, 0.29) is 16.9 Å². The molecule has 0 fully saturated rings. The molecule has 0 rings (SSSR count). The zero-order valence-electron chi connectivity index (χ0n) is 16.7. The van der Waals surface area contributed by atoms with E-state index in [4.69, 9.17) is 4.99 Å². The first-order chi connectivity index (χ1) is 9.46. The molecule has 22 heavy (non-hydrogen) atoms. The van der Waals surface area contributed by atoms with Crippen LogP contribution in [-0.2, 0) is 0 Å². The summed E-state index contributed by atoms with van der Waals surface area (Å²) < 4.78 is 14.1. The highest BCUT2D eigenvalue weighted by molar-refractivity contribution is 5.87. The summed E-state index contributed by atoms with van der Waals surface area (Å²) in [4.78, 5) is 9.12. The van der Waals surface area contributed by atoms with Gasteiger partial charge in [-0.25, -0.2) is 0 Å². The van der Waals surface area contributed by atoms with Gasteiger partial charge in [0.1, 0.15) is 0 Å². The van der Waals surface area contributed by atoms with Gasteiger partial charge in [0.05, 0.1) is 11.1 Å². The van der Waals surface area contributed by atoms with Gasteiger partial charge in [-0.1, -0.05) is 34.6 Å². The van der Waals surface area contributed by atoms with Crippen molar-refractivity contribution in [2.24, 2.45) is 20.8 Å². The Morgan fingerprint density at radius 1 is 0.773 bits per heavy atom. The van der Waals surface area contributed by atoms with Gasteiger partial charge in [-0.3, -0.25) is 9.98 Å². The molecule has 0 N–H and O–H groups in total. The van der Waals surface area contributed by atoms with Gasteiger partial charge in [0, 0.05) is 16.5 Å². The lowest BCUT2D eigenvalue weighted by molar-refractivity contribution is 0.361. The molecule has 0 aromatic carbocycles. The standard InChI is InChI=1S/C19H37FN2/c1-14(21-17(5,6)7)18(8,9)12-13-19(10,11)22-15(20)16(2,3)4/h12-13H2,1-11H3. The first kappa shape index (κ1) is 21.3. The molecule has 0 bridgehead atoms. The quantitative estimate of drug-likeness (QED) is 0.536. The van der Waals surface area contributed by atoms with Gasteiger partial charge >= 0.3 is 0 Å². The molecule has 0 aliphatic carbocycles. The predicted molar refractivity (Wildman–Crippen MR) is 98.0 cm³/mol. The fourth-order valence-electron chi connectivity index (χ4n) is 1.94. The van der Waals surface area contributed by atoms with E-state index >= 15 is 0 Å². The van der Waals surface area contributed by atoms with Crippen LogP contribution in [0.25, 0.3) is 0 Å². The maximum absolute atomic E-state index is 14.1. The lowest BCUT2D eigenvalue weighted by atomic mass is 9.79. The largest absolute Gasteiger partial charge is 0.288 e. The second kappa shape index (κ2) is 6.80. The Morgan fingerprint density at radius 2 is 1.23 bits per heavy atom. The van der Waals surface area contributed by atoms with E-state index in [2.05, 4.69) is 46.5 Å². The van der Waals surface area contributed by atoms with E-state index in [9.17, 15) is 4.39 Å². The first-order valence-electron chi connectivity index (χ1n) is 8.29. The first-order valence-corrected chi connectivity index (χ1v) is 8.29. The van der Waals surface area contributed by atoms with Crippen LogP contribution >= 0.6 is 0 Å². The van der Waals surface area contributed by atoms with Crippen LogP contribution in [0.15, 0.2) is 9.98 Å². The van der Waals surface area contributed by atoms with Crippen molar-refractivity contribution in [1.29, 1.82) is 0 Å². The molecule has 0 amide bonds. The highest BCUT2D eigenvalue weighted by atomic mass is 19.1. The third-order valence-electron chi connectivity index (χ3n) is 3.86. The molecule has 0 saturated heterocycles. The van der Waals surface area contributed by atoms with Gasteiger partial charge in [-0.15, -0.1) is 0 Å². The smallest absolute Gasteiger partial charge is 0.190 e. The Kier molecular flexibility index (Phi) is 6.57. The van der Waals surface area contributed by atoms with Crippen LogP contribution in [0.1, 0.15) is 89.0 Å². The predicted octanol–water partition coefficient (Wildman–Crippen LogP) is 6.24. The summed E-state index contributed by atoms with van der Waals surface area (Å²) in [6.45, 7) is 22.4. The lowest BCUT2D eigenvalue weighted by Gasteiger charge is -2.31. The molecule has 0 atom stereocenters. The maximum atomic E-state index is 14.1. The van der Waals surface area contributed by atoms with E-state index in [0.29, 0.717) is 0 Å². The number of hydrogen-bond acceptors (Lipinski definition) is 2. The second-order valence-corrected chi connectivity index (χ2v) is 9.72. The minimum atomic E-state index is -0.517. The van der Waals surface area contributed by atoms with Gasteiger partial charge < -0.3 is 0 Å². The number of aliphatic imine (C=N–C) groups is 2. The highest BCUT2D eigenvalue weighted by Gasteiger charge is 2.29. The Hall–Kier alpha value is -0.730. The van der Waals surface area contributed by atoms with Crippen molar-refractivity contribution in [2.45, 2.75) is 100 Å². The number of nitrogens with zero attached hydrogens (tertiary/aromatic N) is 2. The fraction of sp³-hybridized carbons (Fsp3) is 0.895. The number of halogens is 1. The fourth-order valence-corrected chi connectivity index (χ4v) is 1.94. The van der Waals surface area contributed by atoms with Crippen LogP contribution < -0.4 is 0 Å². The summed E-state index contributed by atoms with van der Waals surface area (Å²) in [7, 11) is 0. The average Bonchev–Trinajstić information content (AvgIpc) is 2.22. The molecule has 0 aliphatic heterocycles. The zero-order valence-corrected chi connectivity index (χ0v) is 16.7. The second-order valence-electron chi connectivity index (χ2n) is 9.72. The molecule has 0 heterocycles. The van der Waals surface area contributed by atoms with Crippen LogP contribution in [0.3, 0.4) is 0 Å². The summed E-state index contributed by atoms with van der Waals surface area (Å²) in [5.74, 6) is -0.268. The number of rotatable bonds is 5. The van der Waals surface area contributed by atoms with Crippen molar-refractivity contribution in [1.82, 2.24) is 0 Å². The van der Waals surface area contributed by atoms with Gasteiger partial charge in [-0.2, -0.15) is 4.39 Å². The summed E-state index contributed by atoms with van der Waals surface area (Å²) in [5.41, 5.74) is 0.176. The minimum Gasteiger partial charge on any atom is -0.288 e. The minimum absolute atomic E-state index is 0.00171. The monoisotopic (exact) mass is 312 g/mol. The zero-order chi connectivity index (χ0) is 18.0. The molecule has 3 heteroatoms. The molecule has 0 aromatic rings. The average molecular weight is 313 g/mol. The van der Waals surface area contributed by atoms with Gasteiger partial charge in [0.15, 0.2) is 5.97 Å². The van der Waals surface area contributed by atoms with Crippen molar-refractivity contribution < 1.29 is 4.39 Å². The SMILES string of the molecule is CC(=NC(C)(C)C)C(C)(C)CCC(C)(C)N=C(F)C(C)(C)C. The summed E-state index contributed by atoms with van der Waals surface area (Å²) in [6, 6.07) is 0. The molecular weight excluding hydrogens is 275 g/mol. The Morgan fingerprint density at radius 3 is 1.59 bits per heavy atom. The van der Waals surface area contributed by atoms with Crippen molar-refractivity contribution in [3.63, 3.8) is 0 Å². The van der Waals surface area contributed by atoms with Crippen LogP contribution in [0.5, 0.6) is 0 Å². The molecule has 0 aromatic heterocycles. The molecule has 2 nitrogen and oxygen atoms in total. The van der Waals surface area contributed by atoms with Crippen LogP contribution in [0.2, 0.25) is 0 Å².